The average molecular weight is 488 g/mol. The Labute approximate surface area is 207 Å². The van der Waals surface area contributed by atoms with Crippen molar-refractivity contribution in [1.82, 2.24) is 25.0 Å². The summed E-state index contributed by atoms with van der Waals surface area (Å²) in [6.07, 6.45) is 8.65. The summed E-state index contributed by atoms with van der Waals surface area (Å²) in [5, 5.41) is 17.0. The molecule has 0 atom stereocenters. The molecule has 0 spiro atoms. The molecule has 1 saturated heterocycles. The van der Waals surface area contributed by atoms with E-state index in [0.717, 1.165) is 56.1 Å². The van der Waals surface area contributed by atoms with E-state index in [0.29, 0.717) is 25.6 Å². The third-order valence-corrected chi connectivity index (χ3v) is 7.61. The molecular formula is C27H27F2N7. The zero-order chi connectivity index (χ0) is 24.4. The standard InChI is InChI=1S/C27H27F2N7/c1-16-12-21-22(6-9-30-26(21)35-10-7-27(28,29)8-11-35)32-24(16)25-20-13-17(2-5-23(20)33-34-25)18-14-31-36(15-18)19-3-4-19/h2,5-6,9,13-15,19,32H,3-4,7-8,10-12H2,1H3,(H,33,34). The number of nitrogens with zero attached hydrogens (tertiary/aromatic N) is 5. The van der Waals surface area contributed by atoms with Gasteiger partial charge in [0, 0.05) is 66.9 Å². The number of pyridine rings is 1. The van der Waals surface area contributed by atoms with Gasteiger partial charge >= 0.3 is 0 Å². The van der Waals surface area contributed by atoms with Crippen LogP contribution in [0.25, 0.3) is 27.7 Å². The van der Waals surface area contributed by atoms with E-state index in [4.69, 9.17) is 0 Å². The van der Waals surface area contributed by atoms with Crippen molar-refractivity contribution < 1.29 is 8.78 Å². The molecule has 7 rings (SSSR count). The Morgan fingerprint density at radius 2 is 1.92 bits per heavy atom. The third-order valence-electron chi connectivity index (χ3n) is 7.61. The molecule has 3 aliphatic rings. The van der Waals surface area contributed by atoms with Crippen LogP contribution in [-0.2, 0) is 6.42 Å². The van der Waals surface area contributed by atoms with Gasteiger partial charge in [0.15, 0.2) is 0 Å². The molecule has 7 nitrogen and oxygen atoms in total. The lowest BCUT2D eigenvalue weighted by atomic mass is 9.95. The molecule has 3 aromatic heterocycles. The van der Waals surface area contributed by atoms with Crippen molar-refractivity contribution >= 4 is 28.1 Å². The van der Waals surface area contributed by atoms with E-state index in [2.05, 4.69) is 61.6 Å². The summed E-state index contributed by atoms with van der Waals surface area (Å²) in [7, 11) is 0. The number of H-pyrrole nitrogens is 1. The number of anilines is 2. The van der Waals surface area contributed by atoms with Crippen LogP contribution in [0.1, 0.15) is 49.9 Å². The Morgan fingerprint density at radius 3 is 2.72 bits per heavy atom. The fourth-order valence-electron chi connectivity index (χ4n) is 5.36. The number of halogens is 2. The Hall–Kier alpha value is -3.75. The van der Waals surface area contributed by atoms with E-state index in [1.54, 1.807) is 6.20 Å². The Bertz CT molecular complexity index is 1500. The predicted molar refractivity (Wildman–Crippen MR) is 136 cm³/mol. The molecule has 1 saturated carbocycles. The molecule has 184 valence electrons. The lowest BCUT2D eigenvalue weighted by Crippen LogP contribution is -2.40. The number of aromatic amines is 1. The highest BCUT2D eigenvalue weighted by Gasteiger charge is 2.35. The summed E-state index contributed by atoms with van der Waals surface area (Å²) in [6, 6.07) is 8.84. The second-order valence-electron chi connectivity index (χ2n) is 10.2. The third kappa shape index (κ3) is 3.65. The van der Waals surface area contributed by atoms with Crippen molar-refractivity contribution in [2.45, 2.75) is 51.0 Å². The topological polar surface area (TPSA) is 74.7 Å². The first-order valence-electron chi connectivity index (χ1n) is 12.6. The highest BCUT2D eigenvalue weighted by atomic mass is 19.3. The maximum absolute atomic E-state index is 13.7. The van der Waals surface area contributed by atoms with Crippen LogP contribution in [0.15, 0.2) is 48.4 Å². The summed E-state index contributed by atoms with van der Waals surface area (Å²) in [6.45, 7) is 2.73. The maximum atomic E-state index is 13.7. The molecule has 1 aliphatic carbocycles. The maximum Gasteiger partial charge on any atom is 0.251 e. The normalized spacial score (nSPS) is 19.5. The minimum Gasteiger partial charge on any atom is -0.356 e. The van der Waals surface area contributed by atoms with Crippen LogP contribution in [0.5, 0.6) is 0 Å². The van der Waals surface area contributed by atoms with Crippen molar-refractivity contribution in [3.63, 3.8) is 0 Å². The average Bonchev–Trinajstić information content (AvgIpc) is 3.45. The van der Waals surface area contributed by atoms with Gasteiger partial charge in [-0.15, -0.1) is 0 Å². The zero-order valence-electron chi connectivity index (χ0n) is 20.1. The molecule has 2 aliphatic heterocycles. The SMILES string of the molecule is CC1=C(c2n[nH]c3ccc(-c4cnn(C5CC5)c4)cc23)Nc2ccnc(N3CCC(F)(F)CC3)c2C1. The van der Waals surface area contributed by atoms with Gasteiger partial charge in [-0.2, -0.15) is 10.2 Å². The van der Waals surface area contributed by atoms with Crippen molar-refractivity contribution in [3.05, 3.63) is 59.7 Å². The van der Waals surface area contributed by atoms with E-state index in [1.165, 1.54) is 12.8 Å². The van der Waals surface area contributed by atoms with E-state index in [-0.39, 0.29) is 12.8 Å². The van der Waals surface area contributed by atoms with E-state index in [9.17, 15) is 8.78 Å². The predicted octanol–water partition coefficient (Wildman–Crippen LogP) is 5.79. The molecule has 1 aromatic carbocycles. The van der Waals surface area contributed by atoms with Gasteiger partial charge in [0.2, 0.25) is 0 Å². The number of benzene rings is 1. The van der Waals surface area contributed by atoms with Crippen LogP contribution in [-0.4, -0.2) is 44.0 Å². The number of piperidine rings is 1. The van der Waals surface area contributed by atoms with Gasteiger partial charge < -0.3 is 10.2 Å². The van der Waals surface area contributed by atoms with Crippen LogP contribution < -0.4 is 10.2 Å². The highest BCUT2D eigenvalue weighted by molar-refractivity contribution is 5.97. The highest BCUT2D eigenvalue weighted by Crippen LogP contribution is 2.40. The molecule has 0 radical (unpaired) electrons. The molecule has 0 unspecified atom stereocenters. The second kappa shape index (κ2) is 7.88. The van der Waals surface area contributed by atoms with E-state index in [1.807, 2.05) is 17.2 Å². The molecule has 2 fully saturated rings. The first-order chi connectivity index (χ1) is 17.4. The van der Waals surface area contributed by atoms with Crippen LogP contribution in [0.2, 0.25) is 0 Å². The van der Waals surface area contributed by atoms with Crippen molar-refractivity contribution in [2.75, 3.05) is 23.3 Å². The minimum absolute atomic E-state index is 0.132. The van der Waals surface area contributed by atoms with E-state index < -0.39 is 5.92 Å². The molecule has 36 heavy (non-hydrogen) atoms. The number of alkyl halides is 2. The fourth-order valence-corrected chi connectivity index (χ4v) is 5.36. The van der Waals surface area contributed by atoms with Crippen molar-refractivity contribution in [2.24, 2.45) is 0 Å². The van der Waals surface area contributed by atoms with Crippen LogP contribution >= 0.6 is 0 Å². The quantitative estimate of drug-likeness (QED) is 0.381. The molecule has 2 N–H and O–H groups in total. The smallest absolute Gasteiger partial charge is 0.251 e. The van der Waals surface area contributed by atoms with Gasteiger partial charge in [-0.1, -0.05) is 6.07 Å². The summed E-state index contributed by atoms with van der Waals surface area (Å²) >= 11 is 0. The molecule has 5 heterocycles. The molecule has 0 bridgehead atoms. The van der Waals surface area contributed by atoms with Crippen LogP contribution in [0, 0.1) is 0 Å². The number of allylic oxidation sites excluding steroid dienone is 1. The number of hydrogen-bond acceptors (Lipinski definition) is 5. The zero-order valence-corrected chi connectivity index (χ0v) is 20.1. The monoisotopic (exact) mass is 487 g/mol. The fraction of sp³-hybridized carbons (Fsp3) is 0.370. The largest absolute Gasteiger partial charge is 0.356 e. The second-order valence-corrected chi connectivity index (χ2v) is 10.2. The van der Waals surface area contributed by atoms with Gasteiger partial charge in [0.25, 0.3) is 5.92 Å². The number of nitrogens with one attached hydrogen (secondary N) is 2. The molecule has 4 aromatic rings. The first kappa shape index (κ1) is 21.5. The first-order valence-corrected chi connectivity index (χ1v) is 12.6. The van der Waals surface area contributed by atoms with Crippen molar-refractivity contribution in [3.8, 4) is 11.1 Å². The van der Waals surface area contributed by atoms with Gasteiger partial charge in [-0.05, 0) is 49.1 Å². The Morgan fingerprint density at radius 1 is 1.08 bits per heavy atom. The van der Waals surface area contributed by atoms with Crippen molar-refractivity contribution in [1.29, 1.82) is 0 Å². The molecule has 0 amide bonds. The summed E-state index contributed by atoms with van der Waals surface area (Å²) < 4.78 is 29.5. The lowest BCUT2D eigenvalue weighted by molar-refractivity contribution is -0.0221. The molecular weight excluding hydrogens is 460 g/mol. The van der Waals surface area contributed by atoms with Crippen LogP contribution in [0.3, 0.4) is 0 Å². The van der Waals surface area contributed by atoms with Gasteiger partial charge in [0.05, 0.1) is 23.5 Å². The number of fused-ring (bicyclic) bond motifs is 2. The summed E-state index contributed by atoms with van der Waals surface area (Å²) in [5.41, 5.74) is 8.18. The lowest BCUT2D eigenvalue weighted by Gasteiger charge is -2.35. The Balaban J connectivity index is 1.22. The minimum atomic E-state index is -2.58. The van der Waals surface area contributed by atoms with Crippen LogP contribution in [0.4, 0.5) is 20.3 Å². The van der Waals surface area contributed by atoms with Gasteiger partial charge in [-0.25, -0.2) is 13.8 Å². The van der Waals surface area contributed by atoms with Gasteiger partial charge in [0.1, 0.15) is 11.5 Å². The number of aromatic nitrogens is 5. The summed E-state index contributed by atoms with van der Waals surface area (Å²) in [5.74, 6) is -1.78. The molecule has 9 heteroatoms. The van der Waals surface area contributed by atoms with Gasteiger partial charge in [-0.3, -0.25) is 9.78 Å². The summed E-state index contributed by atoms with van der Waals surface area (Å²) in [4.78, 5) is 6.58. The Kier molecular flexibility index (Phi) is 4.71. The van der Waals surface area contributed by atoms with E-state index >= 15 is 0 Å². The number of rotatable bonds is 4. The number of hydrogen-bond donors (Lipinski definition) is 2.